The molecule has 0 saturated heterocycles. The van der Waals surface area contributed by atoms with Gasteiger partial charge in [-0.05, 0) is 32.0 Å². The molecule has 0 bridgehead atoms. The van der Waals surface area contributed by atoms with Crippen LogP contribution in [0.5, 0.6) is 0 Å². The van der Waals surface area contributed by atoms with Crippen LogP contribution >= 0.6 is 0 Å². The van der Waals surface area contributed by atoms with Crippen LogP contribution in [0.15, 0.2) is 48.8 Å². The maximum absolute atomic E-state index is 12.9. The maximum atomic E-state index is 12.9. The molecule has 1 atom stereocenters. The highest BCUT2D eigenvalue weighted by atomic mass is 16.5. The smallest absolute Gasteiger partial charge is 0.343 e. The lowest BCUT2D eigenvalue weighted by Gasteiger charge is -2.21. The molecule has 1 aromatic carbocycles. The van der Waals surface area contributed by atoms with E-state index in [1.165, 1.54) is 7.11 Å². The molecular weight excluding hydrogens is 292 g/mol. The highest BCUT2D eigenvalue weighted by Crippen LogP contribution is 2.36. The Kier molecular flexibility index (Phi) is 3.86. The van der Waals surface area contributed by atoms with E-state index in [-0.39, 0.29) is 11.9 Å². The summed E-state index contributed by atoms with van der Waals surface area (Å²) in [5, 5.41) is 0. The zero-order valence-electron chi connectivity index (χ0n) is 13.4. The fourth-order valence-electron chi connectivity index (χ4n) is 3.03. The number of nitrogens with zero attached hydrogens (tertiary/aromatic N) is 2. The molecule has 118 valence electrons. The van der Waals surface area contributed by atoms with E-state index in [1.807, 2.05) is 38.1 Å². The number of pyridine rings is 1. The number of aromatic nitrogens is 1. The molecule has 0 radical (unpaired) electrons. The third kappa shape index (κ3) is 2.48. The molecule has 1 aromatic heterocycles. The Morgan fingerprint density at radius 1 is 1.22 bits per heavy atom. The minimum absolute atomic E-state index is 0.00761. The zero-order chi connectivity index (χ0) is 16.6. The van der Waals surface area contributed by atoms with Gasteiger partial charge in [-0.25, -0.2) is 4.79 Å². The van der Waals surface area contributed by atoms with E-state index in [0.29, 0.717) is 5.56 Å². The van der Waals surface area contributed by atoms with E-state index < -0.39 is 12.0 Å². The summed E-state index contributed by atoms with van der Waals surface area (Å²) in [5.74, 6) is -0.410. The molecule has 23 heavy (non-hydrogen) atoms. The number of hydrogen-bond acceptors (Lipinski definition) is 3. The van der Waals surface area contributed by atoms with Crippen molar-refractivity contribution < 1.29 is 18.9 Å². The molecule has 0 aliphatic carbocycles. The van der Waals surface area contributed by atoms with Gasteiger partial charge in [-0.2, -0.15) is 4.57 Å². The second-order valence-electron chi connectivity index (χ2n) is 5.79. The average Bonchev–Trinajstić information content (AvgIpc) is 2.86. The zero-order valence-corrected chi connectivity index (χ0v) is 13.4. The van der Waals surface area contributed by atoms with Crippen molar-refractivity contribution in [3.8, 4) is 0 Å². The highest BCUT2D eigenvalue weighted by molar-refractivity contribution is 6.04. The number of anilines is 1. The molecule has 0 saturated carbocycles. The number of hydrogen-bond donors (Lipinski definition) is 0. The lowest BCUT2D eigenvalue weighted by molar-refractivity contribution is -0.699. The molecule has 3 rings (SSSR count). The molecule has 0 N–H and O–H groups in total. The van der Waals surface area contributed by atoms with E-state index in [4.69, 9.17) is 4.74 Å². The van der Waals surface area contributed by atoms with Gasteiger partial charge in [0, 0.05) is 12.1 Å². The SMILES string of the molecule is COC(=O)c1ccc[n+](C2C(=O)N(C(C)C)c3ccccc32)c1. The van der Waals surface area contributed by atoms with Gasteiger partial charge in [-0.1, -0.05) is 12.1 Å². The van der Waals surface area contributed by atoms with Crippen LogP contribution in [0.2, 0.25) is 0 Å². The van der Waals surface area contributed by atoms with Crippen LogP contribution in [0.3, 0.4) is 0 Å². The number of ether oxygens (including phenoxy) is 1. The number of amides is 1. The standard InChI is InChI=1S/C18H19N2O3/c1-12(2)20-15-9-5-4-8-14(15)16(17(20)21)19-10-6-7-13(11-19)18(22)23-3/h4-12,16H,1-3H3/q+1. The Labute approximate surface area is 135 Å². The van der Waals surface area contributed by atoms with Crippen LogP contribution < -0.4 is 9.47 Å². The number of esters is 1. The Morgan fingerprint density at radius 3 is 2.65 bits per heavy atom. The molecule has 1 unspecified atom stereocenters. The predicted octanol–water partition coefficient (Wildman–Crippen LogP) is 2.11. The second kappa shape index (κ2) is 5.83. The lowest BCUT2D eigenvalue weighted by Crippen LogP contribution is -2.47. The molecule has 1 amide bonds. The average molecular weight is 311 g/mol. The van der Waals surface area contributed by atoms with Crippen molar-refractivity contribution in [2.75, 3.05) is 12.0 Å². The van der Waals surface area contributed by atoms with Crippen LogP contribution in [-0.4, -0.2) is 25.0 Å². The molecule has 0 spiro atoms. The van der Waals surface area contributed by atoms with Crippen molar-refractivity contribution in [2.45, 2.75) is 25.9 Å². The van der Waals surface area contributed by atoms with E-state index in [1.54, 1.807) is 34.0 Å². The van der Waals surface area contributed by atoms with Gasteiger partial charge in [0.15, 0.2) is 12.4 Å². The summed E-state index contributed by atoms with van der Waals surface area (Å²) in [5.41, 5.74) is 2.29. The first kappa shape index (κ1) is 15.2. The monoisotopic (exact) mass is 311 g/mol. The van der Waals surface area contributed by atoms with Crippen molar-refractivity contribution in [3.05, 3.63) is 59.9 Å². The first-order valence-corrected chi connectivity index (χ1v) is 7.55. The molecule has 2 aromatic rings. The van der Waals surface area contributed by atoms with Crippen LogP contribution in [0.25, 0.3) is 0 Å². The molecule has 1 aliphatic rings. The van der Waals surface area contributed by atoms with Crippen molar-refractivity contribution in [2.24, 2.45) is 0 Å². The summed E-state index contributed by atoms with van der Waals surface area (Å²) in [6.45, 7) is 3.99. The molecular formula is C18H19N2O3+. The summed E-state index contributed by atoms with van der Waals surface area (Å²) in [6, 6.07) is 10.8. The van der Waals surface area contributed by atoms with E-state index >= 15 is 0 Å². The second-order valence-corrected chi connectivity index (χ2v) is 5.79. The van der Waals surface area contributed by atoms with Gasteiger partial charge >= 0.3 is 11.9 Å². The van der Waals surface area contributed by atoms with Crippen LogP contribution in [0.4, 0.5) is 5.69 Å². The minimum Gasteiger partial charge on any atom is -0.465 e. The maximum Gasteiger partial charge on any atom is 0.343 e. The Balaban J connectivity index is 2.10. The summed E-state index contributed by atoms with van der Waals surface area (Å²) in [6.07, 6.45) is 3.46. The van der Waals surface area contributed by atoms with Gasteiger partial charge in [0.1, 0.15) is 5.56 Å². The minimum atomic E-state index is -0.460. The normalized spacial score (nSPS) is 16.6. The Morgan fingerprint density at radius 2 is 1.96 bits per heavy atom. The quantitative estimate of drug-likeness (QED) is 0.644. The van der Waals surface area contributed by atoms with Crippen LogP contribution in [-0.2, 0) is 9.53 Å². The number of fused-ring (bicyclic) bond motifs is 1. The van der Waals surface area contributed by atoms with Gasteiger partial charge in [0.2, 0.25) is 0 Å². The van der Waals surface area contributed by atoms with Crippen molar-refractivity contribution >= 4 is 17.6 Å². The predicted molar refractivity (Wildman–Crippen MR) is 85.2 cm³/mol. The number of para-hydroxylation sites is 1. The van der Waals surface area contributed by atoms with E-state index in [9.17, 15) is 9.59 Å². The van der Waals surface area contributed by atoms with Gasteiger partial charge in [0.25, 0.3) is 6.04 Å². The highest BCUT2D eigenvalue weighted by Gasteiger charge is 2.44. The number of benzene rings is 1. The van der Waals surface area contributed by atoms with Gasteiger partial charge < -0.3 is 9.64 Å². The third-order valence-electron chi connectivity index (χ3n) is 4.02. The fraction of sp³-hybridized carbons (Fsp3) is 0.278. The van der Waals surface area contributed by atoms with Crippen molar-refractivity contribution in [1.29, 1.82) is 0 Å². The number of methoxy groups -OCH3 is 1. The molecule has 1 aliphatic heterocycles. The largest absolute Gasteiger partial charge is 0.465 e. The third-order valence-corrected chi connectivity index (χ3v) is 4.02. The molecule has 5 heteroatoms. The molecule has 2 heterocycles. The summed E-state index contributed by atoms with van der Waals surface area (Å²) in [4.78, 5) is 26.5. The van der Waals surface area contributed by atoms with E-state index in [0.717, 1.165) is 11.3 Å². The van der Waals surface area contributed by atoms with Crippen LogP contribution in [0.1, 0.15) is 35.8 Å². The first-order valence-electron chi connectivity index (χ1n) is 7.55. The molecule has 0 fully saturated rings. The Bertz CT molecular complexity index is 770. The topological polar surface area (TPSA) is 50.5 Å². The first-order chi connectivity index (χ1) is 11.0. The molecule has 5 nitrogen and oxygen atoms in total. The van der Waals surface area contributed by atoms with Crippen LogP contribution in [0, 0.1) is 0 Å². The van der Waals surface area contributed by atoms with Crippen molar-refractivity contribution in [3.63, 3.8) is 0 Å². The van der Waals surface area contributed by atoms with E-state index in [2.05, 4.69) is 0 Å². The van der Waals surface area contributed by atoms with Gasteiger partial charge in [-0.3, -0.25) is 4.79 Å². The number of carbonyl (C=O) groups excluding carboxylic acids is 2. The Hall–Kier alpha value is -2.69. The summed E-state index contributed by atoms with van der Waals surface area (Å²) >= 11 is 0. The van der Waals surface area contributed by atoms with Gasteiger partial charge in [-0.15, -0.1) is 0 Å². The summed E-state index contributed by atoms with van der Waals surface area (Å²) < 4.78 is 6.54. The number of carbonyl (C=O) groups is 2. The van der Waals surface area contributed by atoms with Crippen molar-refractivity contribution in [1.82, 2.24) is 0 Å². The van der Waals surface area contributed by atoms with Gasteiger partial charge in [0.05, 0.1) is 18.4 Å². The fourth-order valence-corrected chi connectivity index (χ4v) is 3.03. The number of rotatable bonds is 3. The summed E-state index contributed by atoms with van der Waals surface area (Å²) in [7, 11) is 1.34. The lowest BCUT2D eigenvalue weighted by atomic mass is 10.1.